The zero-order chi connectivity index (χ0) is 14.1. The van der Waals surface area contributed by atoms with Gasteiger partial charge in [-0.25, -0.2) is 4.99 Å². The molecule has 2 aliphatic heterocycles. The average Bonchev–Trinajstić information content (AvgIpc) is 2.80. The number of nitrogens with zero attached hydrogens (tertiary/aromatic N) is 1. The highest BCUT2D eigenvalue weighted by Crippen LogP contribution is 2.31. The predicted molar refractivity (Wildman–Crippen MR) is 75.8 cm³/mol. The summed E-state index contributed by atoms with van der Waals surface area (Å²) >= 11 is 0. The quantitative estimate of drug-likeness (QED) is 0.837. The molecule has 2 heterocycles. The molecule has 1 aromatic carbocycles. The molecule has 1 aromatic rings. The highest BCUT2D eigenvalue weighted by Gasteiger charge is 2.22. The second-order valence-corrected chi connectivity index (χ2v) is 5.04. The molecule has 0 atom stereocenters. The molecule has 104 valence electrons. The van der Waals surface area contributed by atoms with Crippen LogP contribution in [0.15, 0.2) is 28.9 Å². The fourth-order valence-corrected chi connectivity index (χ4v) is 2.07. The van der Waals surface area contributed by atoms with Crippen molar-refractivity contribution in [2.75, 3.05) is 13.2 Å². The van der Waals surface area contributed by atoms with E-state index in [1.54, 1.807) is 6.08 Å². The van der Waals surface area contributed by atoms with Crippen molar-refractivity contribution in [3.8, 4) is 11.5 Å². The van der Waals surface area contributed by atoms with Gasteiger partial charge < -0.3 is 14.8 Å². The van der Waals surface area contributed by atoms with Gasteiger partial charge >= 0.3 is 0 Å². The van der Waals surface area contributed by atoms with E-state index < -0.39 is 0 Å². The Bertz CT molecular complexity index is 618. The van der Waals surface area contributed by atoms with Crippen LogP contribution in [0.2, 0.25) is 0 Å². The van der Waals surface area contributed by atoms with Gasteiger partial charge in [0.2, 0.25) is 0 Å². The van der Waals surface area contributed by atoms with E-state index in [4.69, 9.17) is 9.47 Å². The van der Waals surface area contributed by atoms with E-state index in [0.29, 0.717) is 30.5 Å². The number of aliphatic imine (C=N–C) groups is 1. The van der Waals surface area contributed by atoms with E-state index in [1.165, 1.54) is 0 Å². The summed E-state index contributed by atoms with van der Waals surface area (Å²) in [7, 11) is 0. The highest BCUT2D eigenvalue weighted by molar-refractivity contribution is 6.14. The fourth-order valence-electron chi connectivity index (χ4n) is 2.07. The zero-order valence-electron chi connectivity index (χ0n) is 11.5. The van der Waals surface area contributed by atoms with Crippen LogP contribution < -0.4 is 14.8 Å². The van der Waals surface area contributed by atoms with Gasteiger partial charge in [0.15, 0.2) is 11.5 Å². The molecule has 0 saturated carbocycles. The summed E-state index contributed by atoms with van der Waals surface area (Å²) in [5.41, 5.74) is 1.29. The second-order valence-electron chi connectivity index (χ2n) is 5.04. The SMILES string of the molecule is CC(C)C1=N/C(=C/c2ccc3c(c2)OCCO3)C(=O)N1. The molecule has 0 spiro atoms. The molecule has 0 saturated heterocycles. The maximum absolute atomic E-state index is 11.8. The smallest absolute Gasteiger partial charge is 0.275 e. The van der Waals surface area contributed by atoms with Gasteiger partial charge in [0.05, 0.1) is 0 Å². The molecule has 3 rings (SSSR count). The minimum absolute atomic E-state index is 0.163. The normalized spacial score (nSPS) is 19.2. The molecule has 20 heavy (non-hydrogen) atoms. The van der Waals surface area contributed by atoms with Crippen LogP contribution in [0.4, 0.5) is 0 Å². The molecule has 0 aliphatic carbocycles. The molecule has 0 fully saturated rings. The maximum Gasteiger partial charge on any atom is 0.275 e. The van der Waals surface area contributed by atoms with Crippen molar-refractivity contribution < 1.29 is 14.3 Å². The van der Waals surface area contributed by atoms with Crippen LogP contribution in [-0.2, 0) is 4.79 Å². The number of ether oxygens (including phenoxy) is 2. The second kappa shape index (κ2) is 5.00. The summed E-state index contributed by atoms with van der Waals surface area (Å²) in [5.74, 6) is 2.19. The Morgan fingerprint density at radius 2 is 2.00 bits per heavy atom. The number of nitrogens with one attached hydrogen (secondary N) is 1. The Kier molecular flexibility index (Phi) is 3.18. The third kappa shape index (κ3) is 2.39. The van der Waals surface area contributed by atoms with E-state index in [-0.39, 0.29) is 11.8 Å². The Morgan fingerprint density at radius 1 is 1.25 bits per heavy atom. The van der Waals surface area contributed by atoms with Crippen LogP contribution in [0.5, 0.6) is 11.5 Å². The third-order valence-electron chi connectivity index (χ3n) is 3.13. The van der Waals surface area contributed by atoms with Crippen LogP contribution in [-0.4, -0.2) is 25.0 Å². The van der Waals surface area contributed by atoms with E-state index in [9.17, 15) is 4.79 Å². The van der Waals surface area contributed by atoms with Crippen LogP contribution in [0, 0.1) is 5.92 Å². The topological polar surface area (TPSA) is 59.9 Å². The lowest BCUT2D eigenvalue weighted by Crippen LogP contribution is -2.27. The fraction of sp³-hybridized carbons (Fsp3) is 0.333. The van der Waals surface area contributed by atoms with E-state index in [0.717, 1.165) is 11.3 Å². The van der Waals surface area contributed by atoms with Crippen molar-refractivity contribution in [3.63, 3.8) is 0 Å². The molecule has 0 bridgehead atoms. The van der Waals surface area contributed by atoms with Crippen molar-refractivity contribution in [2.24, 2.45) is 10.9 Å². The Morgan fingerprint density at radius 3 is 2.70 bits per heavy atom. The zero-order valence-corrected chi connectivity index (χ0v) is 11.5. The van der Waals surface area contributed by atoms with Crippen LogP contribution in [0.25, 0.3) is 6.08 Å². The molecule has 1 N–H and O–H groups in total. The lowest BCUT2D eigenvalue weighted by Gasteiger charge is -2.18. The summed E-state index contributed by atoms with van der Waals surface area (Å²) in [6.45, 7) is 5.10. The Hall–Kier alpha value is -2.30. The van der Waals surface area contributed by atoms with Crippen molar-refractivity contribution in [2.45, 2.75) is 13.8 Å². The molecule has 5 nitrogen and oxygen atoms in total. The Labute approximate surface area is 117 Å². The Balaban J connectivity index is 1.90. The molecule has 1 amide bonds. The number of benzene rings is 1. The molecule has 0 unspecified atom stereocenters. The average molecular weight is 272 g/mol. The summed E-state index contributed by atoms with van der Waals surface area (Å²) in [6.07, 6.45) is 1.75. The van der Waals surface area contributed by atoms with Gasteiger partial charge in [0, 0.05) is 5.92 Å². The lowest BCUT2D eigenvalue weighted by molar-refractivity contribution is -0.115. The number of hydrogen-bond donors (Lipinski definition) is 1. The van der Waals surface area contributed by atoms with Gasteiger partial charge in [-0.05, 0) is 23.8 Å². The van der Waals surface area contributed by atoms with Crippen molar-refractivity contribution >= 4 is 17.8 Å². The number of fused-ring (bicyclic) bond motifs is 1. The van der Waals surface area contributed by atoms with Crippen LogP contribution in [0.3, 0.4) is 0 Å². The minimum Gasteiger partial charge on any atom is -0.486 e. The number of carbonyl (C=O) groups is 1. The van der Waals surface area contributed by atoms with Crippen LogP contribution >= 0.6 is 0 Å². The molecule has 5 heteroatoms. The molecular weight excluding hydrogens is 256 g/mol. The van der Waals surface area contributed by atoms with Gasteiger partial charge in [-0.1, -0.05) is 19.9 Å². The van der Waals surface area contributed by atoms with Gasteiger partial charge in [-0.15, -0.1) is 0 Å². The molecular formula is C15H16N2O3. The van der Waals surface area contributed by atoms with Gasteiger partial charge in [-0.2, -0.15) is 0 Å². The van der Waals surface area contributed by atoms with Gasteiger partial charge in [-0.3, -0.25) is 4.79 Å². The number of hydrogen-bond acceptors (Lipinski definition) is 4. The first-order chi connectivity index (χ1) is 9.63. The molecule has 2 aliphatic rings. The largest absolute Gasteiger partial charge is 0.486 e. The monoisotopic (exact) mass is 272 g/mol. The molecule has 0 radical (unpaired) electrons. The van der Waals surface area contributed by atoms with Crippen molar-refractivity contribution in [3.05, 3.63) is 29.5 Å². The number of carbonyl (C=O) groups excluding carboxylic acids is 1. The summed E-state index contributed by atoms with van der Waals surface area (Å²) < 4.78 is 11.0. The minimum atomic E-state index is -0.163. The first-order valence-corrected chi connectivity index (χ1v) is 6.65. The summed E-state index contributed by atoms with van der Waals surface area (Å²) in [6, 6.07) is 5.59. The van der Waals surface area contributed by atoms with Gasteiger partial charge in [0.25, 0.3) is 5.91 Å². The maximum atomic E-state index is 11.8. The predicted octanol–water partition coefficient (Wildman–Crippen LogP) is 1.98. The number of amidine groups is 1. The first-order valence-electron chi connectivity index (χ1n) is 6.65. The summed E-state index contributed by atoms with van der Waals surface area (Å²) in [4.78, 5) is 16.2. The summed E-state index contributed by atoms with van der Waals surface area (Å²) in [5, 5.41) is 2.77. The van der Waals surface area contributed by atoms with Crippen molar-refractivity contribution in [1.82, 2.24) is 5.32 Å². The number of rotatable bonds is 2. The van der Waals surface area contributed by atoms with E-state index in [2.05, 4.69) is 10.3 Å². The molecule has 0 aromatic heterocycles. The highest BCUT2D eigenvalue weighted by atomic mass is 16.6. The number of amides is 1. The third-order valence-corrected chi connectivity index (χ3v) is 3.13. The first kappa shape index (κ1) is 12.7. The van der Waals surface area contributed by atoms with E-state index >= 15 is 0 Å². The standard InChI is InChI=1S/C15H16N2O3/c1-9(2)14-16-11(15(18)17-14)7-10-3-4-12-13(8-10)20-6-5-19-12/h3-4,7-9H,5-6H2,1-2H3,(H,16,17,18)/b11-7+. The lowest BCUT2D eigenvalue weighted by atomic mass is 10.1. The van der Waals surface area contributed by atoms with E-state index in [1.807, 2.05) is 32.0 Å². The van der Waals surface area contributed by atoms with Gasteiger partial charge in [0.1, 0.15) is 24.7 Å². The van der Waals surface area contributed by atoms with Crippen LogP contribution in [0.1, 0.15) is 19.4 Å². The van der Waals surface area contributed by atoms with Crippen molar-refractivity contribution in [1.29, 1.82) is 0 Å².